The minimum Gasteiger partial charge on any atom is -0.309 e. The number of nitrogens with zero attached hydrogens (tertiary/aromatic N) is 1. The minimum absolute atomic E-state index is 0.141. The van der Waals surface area contributed by atoms with E-state index >= 15 is 0 Å². The van der Waals surface area contributed by atoms with Crippen LogP contribution in [0.15, 0.2) is 261 Å². The molecule has 14 rings (SSSR count). The van der Waals surface area contributed by atoms with Crippen LogP contribution in [-0.2, 0) is 10.8 Å². The molecule has 0 amide bonds. The molecule has 1 heteroatoms. The Hall–Kier alpha value is -8.78. The first kappa shape index (κ1) is 41.2. The first-order valence-corrected chi connectivity index (χ1v) is 24.9. The van der Waals surface area contributed by atoms with Crippen LogP contribution in [0.4, 0.5) is 17.1 Å². The number of anilines is 3. The highest BCUT2D eigenvalue weighted by atomic mass is 15.1. The molecule has 0 saturated carbocycles. The summed E-state index contributed by atoms with van der Waals surface area (Å²) in [5, 5.41) is 0. The maximum absolute atomic E-state index is 2.57. The smallest absolute Gasteiger partial charge is 0.0726 e. The maximum Gasteiger partial charge on any atom is 0.0726 e. The molecule has 334 valence electrons. The van der Waals surface area contributed by atoms with Crippen molar-refractivity contribution in [2.45, 2.75) is 24.7 Å². The second kappa shape index (κ2) is 15.9. The van der Waals surface area contributed by atoms with Gasteiger partial charge < -0.3 is 4.90 Å². The predicted molar refractivity (Wildman–Crippen MR) is 297 cm³/mol. The van der Waals surface area contributed by atoms with E-state index in [-0.39, 0.29) is 5.41 Å². The normalized spacial score (nSPS) is 13.7. The molecule has 11 aromatic rings. The third kappa shape index (κ3) is 5.93. The lowest BCUT2D eigenvalue weighted by atomic mass is 9.70. The Morgan fingerprint density at radius 3 is 1.28 bits per heavy atom. The molecule has 1 nitrogen and oxygen atoms in total. The van der Waals surface area contributed by atoms with Crippen molar-refractivity contribution in [2.75, 3.05) is 4.90 Å². The Balaban J connectivity index is 1.06. The SMILES string of the molecule is CC1(C)c2ccccc2-c2cccc(-c3ccc(N(c4cccc(-c5ccccc5)c4-c4ccccc4-c4ccccc4)c4cccc5c4-c4ccccc4C54c5ccccc5-c5ccccc54)cc3)c21. The largest absolute Gasteiger partial charge is 0.309 e. The van der Waals surface area contributed by atoms with Gasteiger partial charge in [0.25, 0.3) is 0 Å². The zero-order chi connectivity index (χ0) is 47.3. The molecule has 0 aliphatic heterocycles. The van der Waals surface area contributed by atoms with E-state index in [9.17, 15) is 0 Å². The van der Waals surface area contributed by atoms with Gasteiger partial charge in [0, 0.05) is 22.2 Å². The summed E-state index contributed by atoms with van der Waals surface area (Å²) < 4.78 is 0. The van der Waals surface area contributed by atoms with Crippen molar-refractivity contribution in [1.82, 2.24) is 0 Å². The fourth-order valence-corrected chi connectivity index (χ4v) is 13.0. The van der Waals surface area contributed by atoms with Gasteiger partial charge in [0.15, 0.2) is 0 Å². The van der Waals surface area contributed by atoms with Crippen LogP contribution in [0.5, 0.6) is 0 Å². The topological polar surface area (TPSA) is 3.24 Å². The van der Waals surface area contributed by atoms with Gasteiger partial charge in [0.1, 0.15) is 0 Å². The van der Waals surface area contributed by atoms with E-state index in [4.69, 9.17) is 0 Å². The van der Waals surface area contributed by atoms with Gasteiger partial charge in [0.05, 0.1) is 16.8 Å². The zero-order valence-corrected chi connectivity index (χ0v) is 39.8. The van der Waals surface area contributed by atoms with Gasteiger partial charge in [0.2, 0.25) is 0 Å². The van der Waals surface area contributed by atoms with Crippen molar-refractivity contribution in [2.24, 2.45) is 0 Å². The lowest BCUT2D eigenvalue weighted by Crippen LogP contribution is -2.26. The fourth-order valence-electron chi connectivity index (χ4n) is 13.0. The van der Waals surface area contributed by atoms with Crippen LogP contribution in [-0.4, -0.2) is 0 Å². The summed E-state index contributed by atoms with van der Waals surface area (Å²) in [5.74, 6) is 0. The van der Waals surface area contributed by atoms with E-state index in [1.807, 2.05) is 0 Å². The summed E-state index contributed by atoms with van der Waals surface area (Å²) in [6, 6.07) is 97.3. The molecule has 1 spiro atoms. The Labute approximate surface area is 416 Å². The lowest BCUT2D eigenvalue weighted by molar-refractivity contribution is 0.662. The van der Waals surface area contributed by atoms with Crippen LogP contribution in [0.3, 0.4) is 0 Å². The summed E-state index contributed by atoms with van der Waals surface area (Å²) in [6.45, 7) is 4.76. The van der Waals surface area contributed by atoms with Crippen molar-refractivity contribution in [3.63, 3.8) is 0 Å². The Kier molecular flexibility index (Phi) is 9.22. The van der Waals surface area contributed by atoms with Crippen molar-refractivity contribution < 1.29 is 0 Å². The molecular weight excluding hydrogens is 855 g/mol. The van der Waals surface area contributed by atoms with Crippen LogP contribution in [0.25, 0.3) is 77.9 Å². The predicted octanol–water partition coefficient (Wildman–Crippen LogP) is 18.5. The van der Waals surface area contributed by atoms with Crippen LogP contribution in [0.2, 0.25) is 0 Å². The van der Waals surface area contributed by atoms with Gasteiger partial charge in [-0.1, -0.05) is 250 Å². The molecule has 0 fully saturated rings. The number of hydrogen-bond acceptors (Lipinski definition) is 1. The van der Waals surface area contributed by atoms with Gasteiger partial charge in [-0.25, -0.2) is 0 Å². The molecule has 0 N–H and O–H groups in total. The molecule has 3 aliphatic carbocycles. The second-order valence-electron chi connectivity index (χ2n) is 19.8. The van der Waals surface area contributed by atoms with Crippen LogP contribution < -0.4 is 4.90 Å². The summed E-state index contributed by atoms with van der Waals surface area (Å²) in [4.78, 5) is 2.57. The van der Waals surface area contributed by atoms with Gasteiger partial charge >= 0.3 is 0 Å². The van der Waals surface area contributed by atoms with Crippen LogP contribution in [0.1, 0.15) is 47.2 Å². The standard InChI is InChI=1S/C70H49N/c1-69(2)59-35-15-11-29-55(59)57-34-19-33-52(68(57)69)48-42-44-49(45-43-48)71(64-40-20-32-51(47-24-7-4-8-25-47)66(64)56-30-10-9-26-50(56)46-22-5-3-6-23-46)65-41-21-39-63-67(65)58-31-14-18-38-62(58)70(63)60-36-16-12-27-53(60)54-28-13-17-37-61(54)70/h3-45H,1-2H3. The second-order valence-corrected chi connectivity index (χ2v) is 19.8. The number of fused-ring (bicyclic) bond motifs is 13. The van der Waals surface area contributed by atoms with E-state index < -0.39 is 5.41 Å². The summed E-state index contributed by atoms with van der Waals surface area (Å²) in [7, 11) is 0. The number of rotatable bonds is 7. The summed E-state index contributed by atoms with van der Waals surface area (Å²) in [5.41, 5.74) is 28.2. The molecule has 3 aliphatic rings. The van der Waals surface area contributed by atoms with Crippen LogP contribution >= 0.6 is 0 Å². The Morgan fingerprint density at radius 1 is 0.254 bits per heavy atom. The molecule has 0 radical (unpaired) electrons. The number of benzene rings is 11. The third-order valence-electron chi connectivity index (χ3n) is 15.9. The third-order valence-corrected chi connectivity index (χ3v) is 15.9. The highest BCUT2D eigenvalue weighted by Gasteiger charge is 2.52. The van der Waals surface area contributed by atoms with Gasteiger partial charge in [-0.2, -0.15) is 0 Å². The Morgan fingerprint density at radius 2 is 0.648 bits per heavy atom. The molecule has 0 bridgehead atoms. The van der Waals surface area contributed by atoms with Crippen molar-refractivity contribution in [3.05, 3.63) is 294 Å². The van der Waals surface area contributed by atoms with Gasteiger partial charge in [-0.15, -0.1) is 0 Å². The van der Waals surface area contributed by atoms with E-state index in [0.717, 1.165) is 17.1 Å². The average molecular weight is 904 g/mol. The molecule has 71 heavy (non-hydrogen) atoms. The maximum atomic E-state index is 2.57. The molecule has 0 atom stereocenters. The van der Waals surface area contributed by atoms with E-state index in [0.29, 0.717) is 0 Å². The Bertz CT molecular complexity index is 3850. The highest BCUT2D eigenvalue weighted by Crippen LogP contribution is 2.65. The first-order chi connectivity index (χ1) is 35.0. The van der Waals surface area contributed by atoms with Crippen molar-refractivity contribution in [3.8, 4) is 77.9 Å². The first-order valence-electron chi connectivity index (χ1n) is 24.9. The van der Waals surface area contributed by atoms with E-state index in [1.165, 1.54) is 111 Å². The molecule has 11 aromatic carbocycles. The van der Waals surface area contributed by atoms with E-state index in [2.05, 4.69) is 280 Å². The lowest BCUT2D eigenvalue weighted by Gasteiger charge is -2.33. The van der Waals surface area contributed by atoms with E-state index in [1.54, 1.807) is 0 Å². The average Bonchev–Trinajstić information content (AvgIpc) is 4.01. The highest BCUT2D eigenvalue weighted by molar-refractivity contribution is 6.06. The molecule has 0 aromatic heterocycles. The quantitative estimate of drug-likeness (QED) is 0.154. The van der Waals surface area contributed by atoms with Crippen molar-refractivity contribution in [1.29, 1.82) is 0 Å². The molecule has 0 saturated heterocycles. The van der Waals surface area contributed by atoms with Crippen LogP contribution in [0, 0.1) is 0 Å². The van der Waals surface area contributed by atoms with Crippen molar-refractivity contribution >= 4 is 17.1 Å². The minimum atomic E-state index is -0.489. The summed E-state index contributed by atoms with van der Waals surface area (Å²) in [6.07, 6.45) is 0. The van der Waals surface area contributed by atoms with Gasteiger partial charge in [-0.05, 0) is 124 Å². The molecule has 0 heterocycles. The monoisotopic (exact) mass is 903 g/mol. The summed E-state index contributed by atoms with van der Waals surface area (Å²) >= 11 is 0. The zero-order valence-electron chi connectivity index (χ0n) is 39.8. The fraction of sp³-hybridized carbons (Fsp3) is 0.0571. The molecule has 0 unspecified atom stereocenters. The number of hydrogen-bond donors (Lipinski definition) is 0. The molecular formula is C70H49N. The van der Waals surface area contributed by atoms with Gasteiger partial charge in [-0.3, -0.25) is 0 Å².